The average molecular weight is 283 g/mol. The molecule has 0 saturated heterocycles. The van der Waals surface area contributed by atoms with E-state index in [0.29, 0.717) is 16.9 Å². The summed E-state index contributed by atoms with van der Waals surface area (Å²) >= 11 is 4.83. The maximum absolute atomic E-state index is 6.53. The van der Waals surface area contributed by atoms with Crippen molar-refractivity contribution in [3.05, 3.63) is 29.3 Å². The zero-order chi connectivity index (χ0) is 15.0. The lowest BCUT2D eigenvalue weighted by atomic mass is 9.99. The van der Waals surface area contributed by atoms with Crippen LogP contribution in [0.25, 0.3) is 0 Å². The largest absolute Gasteiger partial charge is 0.376 e. The number of aryl methyl sites for hydroxylation is 1. The van der Waals surface area contributed by atoms with E-state index in [1.165, 1.54) is 17.3 Å². The first-order chi connectivity index (χ1) is 8.77. The SMILES string of the molecule is CC(C)C=N.Cc1ccc(C(C)C)c(NC(N)=S)c1.[HH].[HH]. The summed E-state index contributed by atoms with van der Waals surface area (Å²) in [7, 11) is 0. The van der Waals surface area contributed by atoms with Gasteiger partial charge in [-0.15, -0.1) is 0 Å². The van der Waals surface area contributed by atoms with Crippen molar-refractivity contribution >= 4 is 29.2 Å². The highest BCUT2D eigenvalue weighted by atomic mass is 32.1. The molecule has 0 amide bonds. The van der Waals surface area contributed by atoms with Crippen molar-refractivity contribution < 1.29 is 2.85 Å². The highest BCUT2D eigenvalue weighted by Gasteiger charge is 2.06. The number of thiocarbonyl (C=S) groups is 1. The fraction of sp³-hybridized carbons (Fsp3) is 0.467. The van der Waals surface area contributed by atoms with Crippen LogP contribution >= 0.6 is 12.2 Å². The van der Waals surface area contributed by atoms with Gasteiger partial charge < -0.3 is 16.5 Å². The quantitative estimate of drug-likeness (QED) is 0.563. The fourth-order valence-electron chi connectivity index (χ4n) is 1.41. The lowest BCUT2D eigenvalue weighted by Crippen LogP contribution is -2.20. The Hall–Kier alpha value is -1.42. The summed E-state index contributed by atoms with van der Waals surface area (Å²) in [5, 5.41) is 9.85. The van der Waals surface area contributed by atoms with E-state index in [4.69, 9.17) is 23.4 Å². The Morgan fingerprint density at radius 1 is 1.37 bits per heavy atom. The van der Waals surface area contributed by atoms with Gasteiger partial charge in [-0.3, -0.25) is 0 Å². The van der Waals surface area contributed by atoms with Crippen molar-refractivity contribution in [1.29, 1.82) is 5.41 Å². The summed E-state index contributed by atoms with van der Waals surface area (Å²) in [4.78, 5) is 0. The third-order valence-electron chi connectivity index (χ3n) is 2.42. The Kier molecular flexibility index (Phi) is 8.00. The molecule has 1 aromatic rings. The van der Waals surface area contributed by atoms with Crippen LogP contribution in [0.4, 0.5) is 5.69 Å². The van der Waals surface area contributed by atoms with Crippen LogP contribution in [-0.2, 0) is 0 Å². The van der Waals surface area contributed by atoms with Crippen LogP contribution in [0.3, 0.4) is 0 Å². The number of nitrogens with one attached hydrogen (secondary N) is 2. The molecule has 0 fully saturated rings. The van der Waals surface area contributed by atoms with Gasteiger partial charge in [0.1, 0.15) is 0 Å². The summed E-state index contributed by atoms with van der Waals surface area (Å²) in [6, 6.07) is 6.27. The highest BCUT2D eigenvalue weighted by molar-refractivity contribution is 7.80. The van der Waals surface area contributed by atoms with E-state index in [2.05, 4.69) is 44.3 Å². The second-order valence-electron chi connectivity index (χ2n) is 5.15. The number of benzene rings is 1. The Morgan fingerprint density at radius 2 is 1.89 bits per heavy atom. The minimum absolute atomic E-state index is 0. The van der Waals surface area contributed by atoms with Crippen LogP contribution in [0.2, 0.25) is 0 Å². The van der Waals surface area contributed by atoms with Gasteiger partial charge in [-0.1, -0.05) is 39.8 Å². The maximum Gasteiger partial charge on any atom is 0.168 e. The number of nitrogens with two attached hydrogens (primary N) is 1. The smallest absolute Gasteiger partial charge is 0.168 e. The number of hydrogen-bond donors (Lipinski definition) is 3. The molecule has 0 spiro atoms. The minimum Gasteiger partial charge on any atom is -0.376 e. The molecular weight excluding hydrogens is 254 g/mol. The predicted molar refractivity (Wildman–Crippen MR) is 93.5 cm³/mol. The van der Waals surface area contributed by atoms with Crippen molar-refractivity contribution in [3.8, 4) is 0 Å². The number of hydrogen-bond acceptors (Lipinski definition) is 2. The van der Waals surface area contributed by atoms with Crippen LogP contribution in [0.1, 0.15) is 47.6 Å². The second-order valence-corrected chi connectivity index (χ2v) is 5.59. The predicted octanol–water partition coefficient (Wildman–Crippen LogP) is 4.56. The molecule has 1 rings (SSSR count). The highest BCUT2D eigenvalue weighted by Crippen LogP contribution is 2.24. The fourth-order valence-corrected chi connectivity index (χ4v) is 1.52. The maximum atomic E-state index is 6.53. The second kappa shape index (κ2) is 8.64. The first-order valence-corrected chi connectivity index (χ1v) is 6.86. The minimum atomic E-state index is 0. The molecule has 0 unspecified atom stereocenters. The van der Waals surface area contributed by atoms with Crippen LogP contribution < -0.4 is 11.1 Å². The van der Waals surface area contributed by atoms with E-state index >= 15 is 0 Å². The Morgan fingerprint density at radius 3 is 2.26 bits per heavy atom. The Balaban J connectivity index is -0.000000405. The van der Waals surface area contributed by atoms with Gasteiger partial charge in [0.15, 0.2) is 5.11 Å². The summed E-state index contributed by atoms with van der Waals surface area (Å²) < 4.78 is 0. The van der Waals surface area contributed by atoms with Gasteiger partial charge in [-0.2, -0.15) is 0 Å². The summed E-state index contributed by atoms with van der Waals surface area (Å²) in [6.45, 7) is 10.3. The van der Waals surface area contributed by atoms with Gasteiger partial charge in [0, 0.05) is 8.54 Å². The zero-order valence-electron chi connectivity index (χ0n) is 12.4. The Bertz CT molecular complexity index is 435. The van der Waals surface area contributed by atoms with E-state index in [1.807, 2.05) is 13.8 Å². The molecule has 0 saturated carbocycles. The molecule has 110 valence electrons. The van der Waals surface area contributed by atoms with E-state index in [-0.39, 0.29) is 2.85 Å². The third-order valence-corrected chi connectivity index (χ3v) is 2.52. The normalized spacial score (nSPS) is 9.84. The molecule has 0 aliphatic heterocycles. The van der Waals surface area contributed by atoms with Crippen molar-refractivity contribution in [1.82, 2.24) is 0 Å². The summed E-state index contributed by atoms with van der Waals surface area (Å²) in [5.74, 6) is 0.891. The molecule has 0 bridgehead atoms. The standard InChI is InChI=1S/C11H16N2S.C4H9N.2H2/c1-7(2)9-5-4-8(3)6-10(9)13-11(12)14;1-4(2)3-5;;/h4-7H,1-3H3,(H3,12,13,14);3-5H,1-2H3;2*1H. The summed E-state index contributed by atoms with van der Waals surface area (Å²) in [6.07, 6.45) is 1.42. The molecule has 4 heteroatoms. The van der Waals surface area contributed by atoms with Crippen LogP contribution in [0, 0.1) is 18.3 Å². The number of anilines is 1. The number of rotatable bonds is 3. The van der Waals surface area contributed by atoms with E-state index in [9.17, 15) is 0 Å². The van der Waals surface area contributed by atoms with Crippen molar-refractivity contribution in [2.24, 2.45) is 11.7 Å². The van der Waals surface area contributed by atoms with Gasteiger partial charge in [-0.05, 0) is 54.4 Å². The van der Waals surface area contributed by atoms with Gasteiger partial charge in [0.2, 0.25) is 0 Å². The molecule has 3 nitrogen and oxygen atoms in total. The van der Waals surface area contributed by atoms with Gasteiger partial charge >= 0.3 is 0 Å². The van der Waals surface area contributed by atoms with E-state index < -0.39 is 0 Å². The van der Waals surface area contributed by atoms with E-state index in [0.717, 1.165) is 5.69 Å². The molecular formula is C15H29N3S. The third kappa shape index (κ3) is 7.57. The monoisotopic (exact) mass is 283 g/mol. The van der Waals surface area contributed by atoms with Crippen molar-refractivity contribution in [2.75, 3.05) is 5.32 Å². The zero-order valence-corrected chi connectivity index (χ0v) is 13.3. The molecule has 4 N–H and O–H groups in total. The average Bonchev–Trinajstić information content (AvgIpc) is 2.28. The first-order valence-electron chi connectivity index (χ1n) is 6.45. The lowest BCUT2D eigenvalue weighted by molar-refractivity contribution is 0.869. The van der Waals surface area contributed by atoms with Crippen molar-refractivity contribution in [2.45, 2.75) is 40.5 Å². The van der Waals surface area contributed by atoms with Crippen LogP contribution in [0.15, 0.2) is 18.2 Å². The van der Waals surface area contributed by atoms with E-state index in [1.54, 1.807) is 0 Å². The van der Waals surface area contributed by atoms with Gasteiger partial charge in [-0.25, -0.2) is 0 Å². The van der Waals surface area contributed by atoms with Crippen LogP contribution in [0.5, 0.6) is 0 Å². The topological polar surface area (TPSA) is 61.9 Å². The molecule has 19 heavy (non-hydrogen) atoms. The van der Waals surface area contributed by atoms with Gasteiger partial charge in [0.05, 0.1) is 0 Å². The van der Waals surface area contributed by atoms with Crippen molar-refractivity contribution in [3.63, 3.8) is 0 Å². The molecule has 0 aromatic heterocycles. The molecule has 0 atom stereocenters. The first kappa shape index (κ1) is 17.6. The lowest BCUT2D eigenvalue weighted by Gasteiger charge is -2.14. The Labute approximate surface area is 125 Å². The molecule has 0 aliphatic carbocycles. The molecule has 0 heterocycles. The van der Waals surface area contributed by atoms with Gasteiger partial charge in [0.25, 0.3) is 0 Å². The molecule has 1 aromatic carbocycles. The molecule has 0 radical (unpaired) electrons. The molecule has 0 aliphatic rings. The summed E-state index contributed by atoms with van der Waals surface area (Å²) in [5.41, 5.74) is 8.93. The van der Waals surface area contributed by atoms with Crippen LogP contribution in [-0.4, -0.2) is 11.3 Å².